The van der Waals surface area contributed by atoms with E-state index in [4.69, 9.17) is 0 Å². The van der Waals surface area contributed by atoms with E-state index in [1.807, 2.05) is 0 Å². The van der Waals surface area contributed by atoms with Gasteiger partial charge in [-0.1, -0.05) is 0 Å². The summed E-state index contributed by atoms with van der Waals surface area (Å²) in [5, 5.41) is 0. The normalized spacial score (nSPS) is 55.3. The summed E-state index contributed by atoms with van der Waals surface area (Å²) in [5.41, 5.74) is 0. The van der Waals surface area contributed by atoms with Crippen molar-refractivity contribution in [2.75, 3.05) is 0 Å². The Morgan fingerprint density at radius 1 is 0.778 bits per heavy atom. The lowest BCUT2D eigenvalue weighted by Gasteiger charge is -2.24. The molecule has 4 rings (SSSR count). The minimum absolute atomic E-state index is 1.19. The topological polar surface area (TPSA) is 0 Å². The minimum Gasteiger partial charge on any atom is -0.0499 e. The fraction of sp³-hybridized carbons (Fsp3) is 1.00. The van der Waals surface area contributed by atoms with E-state index in [1.165, 1.54) is 23.7 Å². The minimum atomic E-state index is 1.19. The first-order chi connectivity index (χ1) is 4.43. The zero-order valence-electron chi connectivity index (χ0n) is 5.84. The fourth-order valence-corrected chi connectivity index (χ4v) is 3.01. The third-order valence-corrected chi connectivity index (χ3v) is 3.71. The standard InChI is InChI=1S/C9H14/c1-2-7(1)9-5-6-3-8(9)4-6/h6-9H,1-5H2. The third kappa shape index (κ3) is 0.544. The molecule has 2 bridgehead atoms. The zero-order chi connectivity index (χ0) is 5.84. The Labute approximate surface area is 56.6 Å². The van der Waals surface area contributed by atoms with Crippen LogP contribution < -0.4 is 0 Å². The molecular weight excluding hydrogens is 108 g/mol. The fourth-order valence-electron chi connectivity index (χ4n) is 3.01. The van der Waals surface area contributed by atoms with Crippen molar-refractivity contribution in [1.82, 2.24) is 0 Å². The second-order valence-corrected chi connectivity index (χ2v) is 4.33. The summed E-state index contributed by atoms with van der Waals surface area (Å²) in [7, 11) is 0. The maximum Gasteiger partial charge on any atom is -0.0355 e. The molecule has 4 saturated carbocycles. The van der Waals surface area contributed by atoms with E-state index in [2.05, 4.69) is 0 Å². The van der Waals surface area contributed by atoms with Crippen molar-refractivity contribution in [2.24, 2.45) is 23.7 Å². The van der Waals surface area contributed by atoms with E-state index in [-0.39, 0.29) is 0 Å². The van der Waals surface area contributed by atoms with Gasteiger partial charge in [-0.3, -0.25) is 0 Å². The van der Waals surface area contributed by atoms with Crippen molar-refractivity contribution in [3.05, 3.63) is 0 Å². The Bertz CT molecular complexity index is 129. The van der Waals surface area contributed by atoms with Gasteiger partial charge in [0.05, 0.1) is 0 Å². The molecule has 50 valence electrons. The van der Waals surface area contributed by atoms with Gasteiger partial charge < -0.3 is 0 Å². The van der Waals surface area contributed by atoms with Gasteiger partial charge in [-0.15, -0.1) is 0 Å². The van der Waals surface area contributed by atoms with E-state index in [0.29, 0.717) is 0 Å². The molecule has 0 aromatic rings. The summed E-state index contributed by atoms with van der Waals surface area (Å²) < 4.78 is 0. The quantitative estimate of drug-likeness (QED) is 0.501. The van der Waals surface area contributed by atoms with Crippen molar-refractivity contribution >= 4 is 0 Å². The van der Waals surface area contributed by atoms with Gasteiger partial charge in [0, 0.05) is 0 Å². The summed E-state index contributed by atoms with van der Waals surface area (Å²) in [5.74, 6) is 4.83. The molecule has 0 aromatic heterocycles. The molecule has 0 heterocycles. The number of hydrogen-bond acceptors (Lipinski definition) is 0. The Balaban J connectivity index is 1.78. The van der Waals surface area contributed by atoms with Crippen LogP contribution in [0.3, 0.4) is 0 Å². The van der Waals surface area contributed by atoms with Gasteiger partial charge in [-0.25, -0.2) is 0 Å². The summed E-state index contributed by atoms with van der Waals surface area (Å²) >= 11 is 0. The average Bonchev–Trinajstić information content (AvgIpc) is 2.41. The highest BCUT2D eigenvalue weighted by Crippen LogP contribution is 2.59. The lowest BCUT2D eigenvalue weighted by atomic mass is 9.81. The summed E-state index contributed by atoms with van der Waals surface area (Å²) in [6, 6.07) is 0. The van der Waals surface area contributed by atoms with E-state index in [9.17, 15) is 0 Å². The van der Waals surface area contributed by atoms with Crippen LogP contribution in [0.2, 0.25) is 0 Å². The molecule has 0 amide bonds. The van der Waals surface area contributed by atoms with E-state index >= 15 is 0 Å². The molecule has 4 aliphatic rings. The molecule has 0 N–H and O–H groups in total. The Hall–Kier alpha value is 0. The third-order valence-electron chi connectivity index (χ3n) is 3.71. The predicted octanol–water partition coefficient (Wildman–Crippen LogP) is 2.44. The van der Waals surface area contributed by atoms with E-state index in [1.54, 1.807) is 32.1 Å². The smallest absolute Gasteiger partial charge is 0.0355 e. The Morgan fingerprint density at radius 2 is 1.56 bits per heavy atom. The lowest BCUT2D eigenvalue weighted by Crippen LogP contribution is -2.14. The summed E-state index contributed by atoms with van der Waals surface area (Å²) in [4.78, 5) is 0. The van der Waals surface area contributed by atoms with Crippen LogP contribution in [0.1, 0.15) is 32.1 Å². The van der Waals surface area contributed by atoms with Crippen LogP contribution in [-0.2, 0) is 0 Å². The molecule has 4 fully saturated rings. The van der Waals surface area contributed by atoms with Gasteiger partial charge >= 0.3 is 0 Å². The molecule has 0 aromatic carbocycles. The van der Waals surface area contributed by atoms with Crippen LogP contribution >= 0.6 is 0 Å². The van der Waals surface area contributed by atoms with E-state index < -0.39 is 0 Å². The highest BCUT2D eigenvalue weighted by Gasteiger charge is 2.49. The second-order valence-electron chi connectivity index (χ2n) is 4.33. The molecule has 0 spiro atoms. The van der Waals surface area contributed by atoms with Crippen molar-refractivity contribution in [1.29, 1.82) is 0 Å². The highest BCUT2D eigenvalue weighted by molar-refractivity contribution is 4.99. The van der Waals surface area contributed by atoms with E-state index in [0.717, 1.165) is 0 Å². The summed E-state index contributed by atoms with van der Waals surface area (Å²) in [6.45, 7) is 0. The monoisotopic (exact) mass is 122 g/mol. The van der Waals surface area contributed by atoms with Crippen molar-refractivity contribution in [3.8, 4) is 0 Å². The zero-order valence-corrected chi connectivity index (χ0v) is 5.84. The van der Waals surface area contributed by atoms with Gasteiger partial charge in [-0.2, -0.15) is 0 Å². The van der Waals surface area contributed by atoms with Gasteiger partial charge in [0.15, 0.2) is 0 Å². The predicted molar refractivity (Wildman–Crippen MR) is 37.0 cm³/mol. The van der Waals surface area contributed by atoms with Crippen LogP contribution in [0, 0.1) is 23.7 Å². The molecule has 0 heteroatoms. The van der Waals surface area contributed by atoms with Gasteiger partial charge in [0.2, 0.25) is 0 Å². The average molecular weight is 122 g/mol. The lowest BCUT2D eigenvalue weighted by molar-refractivity contribution is 0.263. The number of rotatable bonds is 1. The van der Waals surface area contributed by atoms with Crippen molar-refractivity contribution in [2.45, 2.75) is 32.1 Å². The SMILES string of the molecule is C1CC1C1CC2CC1C2. The molecule has 9 heavy (non-hydrogen) atoms. The Kier molecular flexibility index (Phi) is 0.717. The van der Waals surface area contributed by atoms with Crippen LogP contribution in [0.15, 0.2) is 0 Å². The van der Waals surface area contributed by atoms with Gasteiger partial charge in [0.1, 0.15) is 0 Å². The maximum atomic E-state index is 1.62. The highest BCUT2D eigenvalue weighted by atomic mass is 14.5. The van der Waals surface area contributed by atoms with Crippen molar-refractivity contribution in [3.63, 3.8) is 0 Å². The maximum absolute atomic E-state index is 1.62. The van der Waals surface area contributed by atoms with Crippen LogP contribution in [0.25, 0.3) is 0 Å². The summed E-state index contributed by atoms with van der Waals surface area (Å²) in [6.07, 6.45) is 8.00. The van der Waals surface area contributed by atoms with Crippen LogP contribution in [0.5, 0.6) is 0 Å². The molecule has 0 aliphatic heterocycles. The first-order valence-corrected chi connectivity index (χ1v) is 4.43. The van der Waals surface area contributed by atoms with Gasteiger partial charge in [0.25, 0.3) is 0 Å². The van der Waals surface area contributed by atoms with Gasteiger partial charge in [-0.05, 0) is 55.8 Å². The number of hydrogen-bond donors (Lipinski definition) is 0. The second kappa shape index (κ2) is 1.36. The molecule has 1 unspecified atom stereocenters. The molecule has 1 atom stereocenters. The van der Waals surface area contributed by atoms with Crippen LogP contribution in [0.4, 0.5) is 0 Å². The molecule has 0 radical (unpaired) electrons. The molecule has 4 aliphatic carbocycles. The molecule has 0 nitrogen and oxygen atoms in total. The number of fused-ring (bicyclic) bond motifs is 1. The van der Waals surface area contributed by atoms with Crippen LogP contribution in [-0.4, -0.2) is 0 Å². The first-order valence-electron chi connectivity index (χ1n) is 4.43. The molecule has 0 saturated heterocycles. The molecular formula is C9H14. The largest absolute Gasteiger partial charge is 0.0499 e. The van der Waals surface area contributed by atoms with Crippen molar-refractivity contribution < 1.29 is 0 Å². The Morgan fingerprint density at radius 3 is 2.00 bits per heavy atom. The first kappa shape index (κ1) is 4.76.